The van der Waals surface area contributed by atoms with Gasteiger partial charge in [0.25, 0.3) is 0 Å². The summed E-state index contributed by atoms with van der Waals surface area (Å²) in [5.74, 6) is -1.25. The molecule has 0 aliphatic rings. The molecule has 6 heteroatoms. The largest absolute Gasteiger partial charge is 0.478 e. The second-order valence-corrected chi connectivity index (χ2v) is 4.48. The molecule has 1 heterocycles. The average molecular weight is 264 g/mol. The van der Waals surface area contributed by atoms with Crippen LogP contribution in [-0.2, 0) is 5.75 Å². The van der Waals surface area contributed by atoms with Crippen molar-refractivity contribution in [1.29, 1.82) is 0 Å². The number of aromatic nitrogens is 2. The first-order valence-corrected chi connectivity index (χ1v) is 6.05. The topological polar surface area (TPSA) is 63.1 Å². The lowest BCUT2D eigenvalue weighted by atomic mass is 10.1. The standard InChI is InChI=1S/C12H9FN2O2S/c13-10-4-8(3-9(5-10)12(16)17)7-18-11-6-14-1-2-15-11/h1-6H,7H2,(H,16,17). The third kappa shape index (κ3) is 3.27. The lowest BCUT2D eigenvalue weighted by molar-refractivity contribution is 0.0696. The molecule has 0 fully saturated rings. The van der Waals surface area contributed by atoms with Gasteiger partial charge in [0.05, 0.1) is 11.8 Å². The number of thioether (sulfide) groups is 1. The van der Waals surface area contributed by atoms with Gasteiger partial charge in [-0.2, -0.15) is 0 Å². The fraction of sp³-hybridized carbons (Fsp3) is 0.0833. The third-order valence-electron chi connectivity index (χ3n) is 2.13. The minimum absolute atomic E-state index is 0.0512. The van der Waals surface area contributed by atoms with Crippen molar-refractivity contribution in [3.63, 3.8) is 0 Å². The molecule has 0 saturated heterocycles. The molecule has 0 amide bonds. The van der Waals surface area contributed by atoms with E-state index in [1.807, 2.05) is 0 Å². The molecule has 0 aliphatic carbocycles. The maximum atomic E-state index is 13.2. The van der Waals surface area contributed by atoms with E-state index in [2.05, 4.69) is 9.97 Å². The monoisotopic (exact) mass is 264 g/mol. The Morgan fingerprint density at radius 1 is 1.33 bits per heavy atom. The normalized spacial score (nSPS) is 10.3. The van der Waals surface area contributed by atoms with E-state index in [4.69, 9.17) is 5.11 Å². The lowest BCUT2D eigenvalue weighted by Gasteiger charge is -2.03. The maximum Gasteiger partial charge on any atom is 0.335 e. The highest BCUT2D eigenvalue weighted by Gasteiger charge is 2.07. The summed E-state index contributed by atoms with van der Waals surface area (Å²) in [6.45, 7) is 0. The zero-order valence-corrected chi connectivity index (χ0v) is 10.0. The van der Waals surface area contributed by atoms with E-state index in [1.54, 1.807) is 18.6 Å². The Labute approximate surface area is 107 Å². The van der Waals surface area contributed by atoms with Crippen LogP contribution in [0.3, 0.4) is 0 Å². The van der Waals surface area contributed by atoms with Gasteiger partial charge in [-0.3, -0.25) is 4.98 Å². The summed E-state index contributed by atoms with van der Waals surface area (Å²) in [5, 5.41) is 9.53. The molecule has 0 atom stereocenters. The van der Waals surface area contributed by atoms with Crippen LogP contribution in [0.25, 0.3) is 0 Å². The average Bonchev–Trinajstić information content (AvgIpc) is 2.37. The van der Waals surface area contributed by atoms with E-state index in [9.17, 15) is 9.18 Å². The van der Waals surface area contributed by atoms with Crippen LogP contribution in [0, 0.1) is 5.82 Å². The van der Waals surface area contributed by atoms with Crippen molar-refractivity contribution in [2.24, 2.45) is 0 Å². The fourth-order valence-corrected chi connectivity index (χ4v) is 2.13. The van der Waals surface area contributed by atoms with E-state index in [0.717, 1.165) is 6.07 Å². The molecule has 0 radical (unpaired) electrons. The summed E-state index contributed by atoms with van der Waals surface area (Å²) in [7, 11) is 0. The van der Waals surface area contributed by atoms with Crippen molar-refractivity contribution >= 4 is 17.7 Å². The molecule has 0 saturated carbocycles. The van der Waals surface area contributed by atoms with Crippen molar-refractivity contribution in [3.05, 3.63) is 53.7 Å². The summed E-state index contributed by atoms with van der Waals surface area (Å²) in [6, 6.07) is 3.77. The Balaban J connectivity index is 2.12. The Kier molecular flexibility index (Phi) is 3.88. The molecule has 0 aliphatic heterocycles. The van der Waals surface area contributed by atoms with Gasteiger partial charge in [-0.25, -0.2) is 14.2 Å². The molecule has 2 aromatic rings. The van der Waals surface area contributed by atoms with Gasteiger partial charge >= 0.3 is 5.97 Å². The summed E-state index contributed by atoms with van der Waals surface area (Å²) in [4.78, 5) is 18.8. The first-order chi connectivity index (χ1) is 8.65. The zero-order valence-electron chi connectivity index (χ0n) is 9.21. The van der Waals surface area contributed by atoms with Crippen LogP contribution >= 0.6 is 11.8 Å². The van der Waals surface area contributed by atoms with Crippen molar-refractivity contribution in [3.8, 4) is 0 Å². The number of benzene rings is 1. The molecule has 1 N–H and O–H groups in total. The van der Waals surface area contributed by atoms with E-state index < -0.39 is 11.8 Å². The van der Waals surface area contributed by atoms with Gasteiger partial charge in [0.2, 0.25) is 0 Å². The molecule has 0 bridgehead atoms. The van der Waals surface area contributed by atoms with Crippen molar-refractivity contribution in [1.82, 2.24) is 9.97 Å². The van der Waals surface area contributed by atoms with Crippen LogP contribution in [0.15, 0.2) is 41.8 Å². The molecule has 0 spiro atoms. The van der Waals surface area contributed by atoms with E-state index >= 15 is 0 Å². The summed E-state index contributed by atoms with van der Waals surface area (Å²) < 4.78 is 13.2. The smallest absolute Gasteiger partial charge is 0.335 e. The first-order valence-electron chi connectivity index (χ1n) is 5.07. The number of aromatic carboxylic acids is 1. The molecule has 0 unspecified atom stereocenters. The van der Waals surface area contributed by atoms with E-state index in [-0.39, 0.29) is 5.56 Å². The second-order valence-electron chi connectivity index (χ2n) is 3.49. The van der Waals surface area contributed by atoms with Crippen molar-refractivity contribution in [2.45, 2.75) is 10.8 Å². The van der Waals surface area contributed by atoms with Gasteiger partial charge in [-0.05, 0) is 23.8 Å². The first kappa shape index (κ1) is 12.5. The zero-order chi connectivity index (χ0) is 13.0. The maximum absolute atomic E-state index is 13.2. The van der Waals surface area contributed by atoms with Gasteiger partial charge in [0.1, 0.15) is 10.8 Å². The van der Waals surface area contributed by atoms with E-state index in [1.165, 1.54) is 23.9 Å². The molecular formula is C12H9FN2O2S. The lowest BCUT2D eigenvalue weighted by Crippen LogP contribution is -1.98. The minimum atomic E-state index is -1.14. The SMILES string of the molecule is O=C(O)c1cc(F)cc(CSc2cnccn2)c1. The van der Waals surface area contributed by atoms with Crippen LogP contribution in [0.5, 0.6) is 0 Å². The Morgan fingerprint density at radius 2 is 2.17 bits per heavy atom. The molecule has 4 nitrogen and oxygen atoms in total. The highest BCUT2D eigenvalue weighted by atomic mass is 32.2. The Bertz CT molecular complexity index is 563. The van der Waals surface area contributed by atoms with Crippen LogP contribution in [0.1, 0.15) is 15.9 Å². The van der Waals surface area contributed by atoms with Crippen LogP contribution in [0.4, 0.5) is 4.39 Å². The Hall–Kier alpha value is -1.95. The van der Waals surface area contributed by atoms with Gasteiger partial charge in [-0.15, -0.1) is 11.8 Å². The molecule has 1 aromatic heterocycles. The molecule has 18 heavy (non-hydrogen) atoms. The van der Waals surface area contributed by atoms with Crippen LogP contribution in [-0.4, -0.2) is 21.0 Å². The summed E-state index contributed by atoms with van der Waals surface area (Å²) in [6.07, 6.45) is 4.73. The minimum Gasteiger partial charge on any atom is -0.478 e. The number of carboxylic acids is 1. The predicted molar refractivity (Wildman–Crippen MR) is 65.0 cm³/mol. The summed E-state index contributed by atoms with van der Waals surface area (Å²) >= 11 is 1.37. The van der Waals surface area contributed by atoms with Gasteiger partial charge < -0.3 is 5.11 Å². The number of hydrogen-bond acceptors (Lipinski definition) is 4. The molecular weight excluding hydrogens is 255 g/mol. The predicted octanol–water partition coefficient (Wildman–Crippen LogP) is 2.61. The van der Waals surface area contributed by atoms with Gasteiger partial charge in [0, 0.05) is 18.1 Å². The third-order valence-corrected chi connectivity index (χ3v) is 3.11. The van der Waals surface area contributed by atoms with E-state index in [0.29, 0.717) is 16.3 Å². The number of rotatable bonds is 4. The molecule has 92 valence electrons. The quantitative estimate of drug-likeness (QED) is 0.860. The number of hydrogen-bond donors (Lipinski definition) is 1. The summed E-state index contributed by atoms with van der Waals surface area (Å²) in [5.41, 5.74) is 0.549. The molecule has 2 rings (SSSR count). The number of nitrogens with zero attached hydrogens (tertiary/aromatic N) is 2. The van der Waals surface area contributed by atoms with Crippen molar-refractivity contribution < 1.29 is 14.3 Å². The molecule has 1 aromatic carbocycles. The fourth-order valence-electron chi connectivity index (χ4n) is 1.37. The Morgan fingerprint density at radius 3 is 2.83 bits per heavy atom. The van der Waals surface area contributed by atoms with Crippen LogP contribution in [0.2, 0.25) is 0 Å². The highest BCUT2D eigenvalue weighted by molar-refractivity contribution is 7.98. The number of halogens is 1. The number of carboxylic acid groups (broad SMARTS) is 1. The second kappa shape index (κ2) is 5.59. The van der Waals surface area contributed by atoms with Crippen LogP contribution < -0.4 is 0 Å². The number of carbonyl (C=O) groups is 1. The highest BCUT2D eigenvalue weighted by Crippen LogP contribution is 2.21. The van der Waals surface area contributed by atoms with Gasteiger partial charge in [-0.1, -0.05) is 0 Å². The van der Waals surface area contributed by atoms with Gasteiger partial charge in [0.15, 0.2) is 0 Å². The van der Waals surface area contributed by atoms with Crippen molar-refractivity contribution in [2.75, 3.05) is 0 Å².